The monoisotopic (exact) mass is 233 g/mol. The van der Waals surface area contributed by atoms with E-state index in [0.717, 1.165) is 5.56 Å². The molecule has 1 radical (unpaired) electrons. The zero-order valence-electron chi connectivity index (χ0n) is 9.85. The van der Waals surface area contributed by atoms with Crippen LogP contribution in [0.4, 0.5) is 0 Å². The molecule has 0 bridgehead atoms. The van der Waals surface area contributed by atoms with Gasteiger partial charge in [-0.05, 0) is 11.5 Å². The highest BCUT2D eigenvalue weighted by Gasteiger charge is 2.11. The van der Waals surface area contributed by atoms with Crippen molar-refractivity contribution in [3.8, 4) is 0 Å². The number of primary amides is 1. The van der Waals surface area contributed by atoms with Crippen LogP contribution in [0.1, 0.15) is 18.9 Å². The average Bonchev–Trinajstić information content (AvgIpc) is 2.26. The van der Waals surface area contributed by atoms with Gasteiger partial charge in [0.1, 0.15) is 0 Å². The Bertz CT molecular complexity index is 376. The van der Waals surface area contributed by atoms with Crippen molar-refractivity contribution in [3.63, 3.8) is 0 Å². The number of rotatable bonds is 6. The number of carbonyl (C=O) groups is 2. The molecule has 0 saturated heterocycles. The molecule has 1 unspecified atom stereocenters. The Morgan fingerprint density at radius 1 is 1.35 bits per heavy atom. The number of benzene rings is 1. The third-order valence-electron chi connectivity index (χ3n) is 2.27. The van der Waals surface area contributed by atoms with Gasteiger partial charge in [-0.3, -0.25) is 9.59 Å². The minimum atomic E-state index is -0.399. The molecule has 4 heteroatoms. The number of hydrogen-bond acceptors (Lipinski definition) is 2. The fourth-order valence-electron chi connectivity index (χ4n) is 1.48. The van der Waals surface area contributed by atoms with Gasteiger partial charge in [-0.1, -0.05) is 37.3 Å². The van der Waals surface area contributed by atoms with Crippen LogP contribution >= 0.6 is 0 Å². The Kier molecular flexibility index (Phi) is 5.20. The van der Waals surface area contributed by atoms with Crippen molar-refractivity contribution in [2.24, 2.45) is 11.7 Å². The second-order valence-electron chi connectivity index (χ2n) is 4.02. The molecule has 1 aromatic carbocycles. The summed E-state index contributed by atoms with van der Waals surface area (Å²) in [5.41, 5.74) is 6.08. The van der Waals surface area contributed by atoms with Gasteiger partial charge in [-0.25, -0.2) is 0 Å². The lowest BCUT2D eigenvalue weighted by atomic mass is 10.0. The largest absolute Gasteiger partial charge is 0.370 e. The van der Waals surface area contributed by atoms with Gasteiger partial charge >= 0.3 is 0 Å². The molecule has 17 heavy (non-hydrogen) atoms. The van der Waals surface area contributed by atoms with Crippen LogP contribution in [-0.2, 0) is 16.1 Å². The number of amides is 2. The minimum absolute atomic E-state index is 0.136. The van der Waals surface area contributed by atoms with Crippen LogP contribution in [0.3, 0.4) is 0 Å². The zero-order chi connectivity index (χ0) is 12.7. The quantitative estimate of drug-likeness (QED) is 0.770. The lowest BCUT2D eigenvalue weighted by Gasteiger charge is -2.09. The van der Waals surface area contributed by atoms with E-state index in [2.05, 4.69) is 5.32 Å². The maximum absolute atomic E-state index is 11.5. The predicted octanol–water partition coefficient (Wildman–Crippen LogP) is 1.02. The van der Waals surface area contributed by atoms with Crippen molar-refractivity contribution in [2.75, 3.05) is 0 Å². The van der Waals surface area contributed by atoms with Crippen LogP contribution in [0.2, 0.25) is 0 Å². The van der Waals surface area contributed by atoms with Gasteiger partial charge in [0, 0.05) is 13.0 Å². The third-order valence-corrected chi connectivity index (χ3v) is 2.27. The summed E-state index contributed by atoms with van der Waals surface area (Å²) in [6.07, 6.45) is 1.67. The zero-order valence-corrected chi connectivity index (χ0v) is 9.85. The lowest BCUT2D eigenvalue weighted by molar-refractivity contribution is -0.119. The molecule has 4 nitrogen and oxygen atoms in total. The Hall–Kier alpha value is -1.84. The number of nitrogens with one attached hydrogen (secondary N) is 1. The van der Waals surface area contributed by atoms with E-state index in [9.17, 15) is 9.59 Å². The van der Waals surface area contributed by atoms with Gasteiger partial charge < -0.3 is 11.1 Å². The highest BCUT2D eigenvalue weighted by atomic mass is 16.2. The molecule has 0 aromatic heterocycles. The van der Waals surface area contributed by atoms with Crippen LogP contribution in [0.15, 0.2) is 30.3 Å². The van der Waals surface area contributed by atoms with Crippen molar-refractivity contribution in [3.05, 3.63) is 42.3 Å². The van der Waals surface area contributed by atoms with E-state index in [1.165, 1.54) is 6.42 Å². The average molecular weight is 233 g/mol. The van der Waals surface area contributed by atoms with E-state index in [-0.39, 0.29) is 18.2 Å². The second-order valence-corrected chi connectivity index (χ2v) is 4.02. The number of carbonyl (C=O) groups excluding carboxylic acids is 2. The van der Waals surface area contributed by atoms with Crippen LogP contribution in [-0.4, -0.2) is 11.8 Å². The summed E-state index contributed by atoms with van der Waals surface area (Å²) in [5, 5.41) is 2.76. The van der Waals surface area contributed by atoms with Crippen LogP contribution < -0.4 is 11.1 Å². The third kappa shape index (κ3) is 5.70. The summed E-state index contributed by atoms with van der Waals surface area (Å²) in [6.45, 7) is 2.27. The highest BCUT2D eigenvalue weighted by Crippen LogP contribution is 2.05. The Morgan fingerprint density at radius 3 is 2.59 bits per heavy atom. The topological polar surface area (TPSA) is 72.2 Å². The van der Waals surface area contributed by atoms with Crippen LogP contribution in [0, 0.1) is 12.3 Å². The molecule has 1 aromatic rings. The molecule has 1 rings (SSSR count). The molecule has 0 fully saturated rings. The maximum atomic E-state index is 11.5. The summed E-state index contributed by atoms with van der Waals surface area (Å²) in [5.74, 6) is -0.713. The molecule has 0 aliphatic carbocycles. The fourth-order valence-corrected chi connectivity index (χ4v) is 1.48. The minimum Gasteiger partial charge on any atom is -0.370 e. The molecule has 91 valence electrons. The van der Waals surface area contributed by atoms with Gasteiger partial charge in [0.05, 0.1) is 6.42 Å². The SMILES string of the molecule is CC([CH]C(=O)NCc1ccccc1)CC(N)=O. The molecule has 0 aliphatic rings. The summed E-state index contributed by atoms with van der Waals surface area (Å²) >= 11 is 0. The molecule has 2 amide bonds. The first-order valence-electron chi connectivity index (χ1n) is 5.53. The van der Waals surface area contributed by atoms with Crippen molar-refractivity contribution in [1.82, 2.24) is 5.32 Å². The number of hydrogen-bond donors (Lipinski definition) is 2. The lowest BCUT2D eigenvalue weighted by Crippen LogP contribution is -2.26. The molecule has 0 spiro atoms. The summed E-state index contributed by atoms with van der Waals surface area (Å²) in [4.78, 5) is 22.1. The van der Waals surface area contributed by atoms with E-state index in [1.54, 1.807) is 6.92 Å². The molecule has 3 N–H and O–H groups in total. The Balaban J connectivity index is 2.28. The van der Waals surface area contributed by atoms with Gasteiger partial charge in [-0.2, -0.15) is 0 Å². The first kappa shape index (κ1) is 13.2. The fraction of sp³-hybridized carbons (Fsp3) is 0.308. The van der Waals surface area contributed by atoms with Gasteiger partial charge in [0.2, 0.25) is 11.8 Å². The first-order chi connectivity index (χ1) is 8.08. The summed E-state index contributed by atoms with van der Waals surface area (Å²) in [7, 11) is 0. The summed E-state index contributed by atoms with van der Waals surface area (Å²) < 4.78 is 0. The molecular weight excluding hydrogens is 216 g/mol. The first-order valence-corrected chi connectivity index (χ1v) is 5.53. The summed E-state index contributed by atoms with van der Waals surface area (Å²) in [6, 6.07) is 9.63. The smallest absolute Gasteiger partial charge is 0.224 e. The second kappa shape index (κ2) is 6.68. The Morgan fingerprint density at radius 2 is 2.00 bits per heavy atom. The standard InChI is InChI=1S/C13H17N2O2/c1-10(7-12(14)16)8-13(17)15-9-11-5-3-2-4-6-11/h2-6,8,10H,7,9H2,1H3,(H2,14,16)(H,15,17). The van der Waals surface area contributed by atoms with E-state index in [4.69, 9.17) is 5.73 Å². The number of nitrogens with two attached hydrogens (primary N) is 1. The molecule has 0 heterocycles. The maximum Gasteiger partial charge on any atom is 0.224 e. The molecule has 0 saturated carbocycles. The van der Waals surface area contributed by atoms with Crippen molar-refractivity contribution in [1.29, 1.82) is 0 Å². The van der Waals surface area contributed by atoms with Gasteiger partial charge in [-0.15, -0.1) is 0 Å². The van der Waals surface area contributed by atoms with Crippen molar-refractivity contribution in [2.45, 2.75) is 19.9 Å². The van der Waals surface area contributed by atoms with E-state index in [0.29, 0.717) is 6.54 Å². The molecule has 1 atom stereocenters. The van der Waals surface area contributed by atoms with Crippen molar-refractivity contribution >= 4 is 11.8 Å². The van der Waals surface area contributed by atoms with E-state index < -0.39 is 5.91 Å². The van der Waals surface area contributed by atoms with E-state index >= 15 is 0 Å². The van der Waals surface area contributed by atoms with Crippen molar-refractivity contribution < 1.29 is 9.59 Å². The van der Waals surface area contributed by atoms with Gasteiger partial charge in [0.25, 0.3) is 0 Å². The van der Waals surface area contributed by atoms with E-state index in [1.807, 2.05) is 30.3 Å². The Labute approximate surface area is 101 Å². The van der Waals surface area contributed by atoms with Crippen LogP contribution in [0.25, 0.3) is 0 Å². The van der Waals surface area contributed by atoms with Gasteiger partial charge in [0.15, 0.2) is 0 Å². The normalized spacial score (nSPS) is 11.8. The predicted molar refractivity (Wildman–Crippen MR) is 65.6 cm³/mol. The molecular formula is C13H17N2O2. The van der Waals surface area contributed by atoms with Crippen LogP contribution in [0.5, 0.6) is 0 Å². The highest BCUT2D eigenvalue weighted by molar-refractivity contribution is 5.86. The molecule has 0 aliphatic heterocycles.